The van der Waals surface area contributed by atoms with Crippen LogP contribution in [0, 0.1) is 17.8 Å². The Morgan fingerprint density at radius 2 is 1.65 bits per heavy atom. The maximum Gasteiger partial charge on any atom is 0.228 e. The summed E-state index contributed by atoms with van der Waals surface area (Å²) in [6.45, 7) is 5.50. The number of para-hydroxylation sites is 2. The quantitative estimate of drug-likeness (QED) is 0.741. The van der Waals surface area contributed by atoms with Gasteiger partial charge >= 0.3 is 0 Å². The number of rotatable bonds is 4. The molecule has 7 heteroatoms. The molecule has 2 atom stereocenters. The molecule has 1 aromatic rings. The van der Waals surface area contributed by atoms with Crippen molar-refractivity contribution in [2.75, 3.05) is 44.7 Å². The Labute approximate surface area is 184 Å². The number of anilines is 1. The van der Waals surface area contributed by atoms with Crippen LogP contribution in [-0.4, -0.2) is 67.4 Å². The first-order chi connectivity index (χ1) is 15.0. The number of piperidine rings is 2. The molecule has 2 unspecified atom stereocenters. The Bertz CT molecular complexity index is 834. The molecule has 3 fully saturated rings. The van der Waals surface area contributed by atoms with Crippen LogP contribution in [0.5, 0.6) is 5.75 Å². The predicted octanol–water partition coefficient (Wildman–Crippen LogP) is 2.55. The summed E-state index contributed by atoms with van der Waals surface area (Å²) >= 11 is 0. The molecular formula is C24H33N3O4. The van der Waals surface area contributed by atoms with Gasteiger partial charge in [-0.25, -0.2) is 0 Å². The van der Waals surface area contributed by atoms with Crippen molar-refractivity contribution in [3.8, 4) is 5.75 Å². The van der Waals surface area contributed by atoms with E-state index in [-0.39, 0.29) is 36.0 Å². The smallest absolute Gasteiger partial charge is 0.228 e. The van der Waals surface area contributed by atoms with Crippen molar-refractivity contribution in [2.45, 2.75) is 39.0 Å². The number of nitrogens with zero attached hydrogens (tertiary/aromatic N) is 3. The van der Waals surface area contributed by atoms with Gasteiger partial charge in [0.25, 0.3) is 0 Å². The number of benzene rings is 1. The van der Waals surface area contributed by atoms with E-state index >= 15 is 0 Å². The Morgan fingerprint density at radius 1 is 0.935 bits per heavy atom. The fraction of sp³-hybridized carbons (Fsp3) is 0.625. The van der Waals surface area contributed by atoms with Gasteiger partial charge < -0.3 is 19.4 Å². The molecule has 3 amide bonds. The Balaban J connectivity index is 1.33. The molecule has 1 aromatic carbocycles. The van der Waals surface area contributed by atoms with Crippen molar-refractivity contribution in [1.82, 2.24) is 9.80 Å². The van der Waals surface area contributed by atoms with E-state index in [9.17, 15) is 14.4 Å². The van der Waals surface area contributed by atoms with E-state index in [0.717, 1.165) is 19.5 Å². The molecule has 0 N–H and O–H groups in total. The number of likely N-dealkylation sites (tertiary alicyclic amines) is 2. The molecule has 3 heterocycles. The molecule has 0 saturated carbocycles. The fourth-order valence-electron chi connectivity index (χ4n) is 5.21. The second-order valence-corrected chi connectivity index (χ2v) is 9.21. The third kappa shape index (κ3) is 4.55. The zero-order chi connectivity index (χ0) is 22.0. The third-order valence-electron chi connectivity index (χ3n) is 6.97. The van der Waals surface area contributed by atoms with Crippen LogP contribution in [0.15, 0.2) is 24.3 Å². The first-order valence-electron chi connectivity index (χ1n) is 11.5. The lowest BCUT2D eigenvalue weighted by atomic mass is 9.92. The van der Waals surface area contributed by atoms with Crippen LogP contribution >= 0.6 is 0 Å². The Morgan fingerprint density at radius 3 is 2.35 bits per heavy atom. The molecule has 7 nitrogen and oxygen atoms in total. The van der Waals surface area contributed by atoms with Gasteiger partial charge in [-0.15, -0.1) is 0 Å². The molecule has 0 aromatic heterocycles. The van der Waals surface area contributed by atoms with Crippen LogP contribution in [0.1, 0.15) is 39.0 Å². The number of amides is 3. The van der Waals surface area contributed by atoms with Crippen molar-refractivity contribution in [3.05, 3.63) is 24.3 Å². The molecule has 3 aliphatic heterocycles. The summed E-state index contributed by atoms with van der Waals surface area (Å²) in [6.07, 6.45) is 3.94. The average molecular weight is 428 g/mol. The maximum absolute atomic E-state index is 13.1. The minimum atomic E-state index is -0.340. The highest BCUT2D eigenvalue weighted by Crippen LogP contribution is 2.34. The van der Waals surface area contributed by atoms with Gasteiger partial charge in [0.05, 0.1) is 18.7 Å². The van der Waals surface area contributed by atoms with Gasteiger partial charge in [-0.1, -0.05) is 19.1 Å². The second kappa shape index (κ2) is 9.28. The minimum Gasteiger partial charge on any atom is -0.495 e. The maximum atomic E-state index is 13.1. The summed E-state index contributed by atoms with van der Waals surface area (Å²) in [6, 6.07) is 7.40. The molecule has 168 valence electrons. The molecule has 3 saturated heterocycles. The number of hydrogen-bond donors (Lipinski definition) is 0. The van der Waals surface area contributed by atoms with Crippen molar-refractivity contribution in [2.24, 2.45) is 17.8 Å². The molecule has 3 aliphatic rings. The molecule has 0 bridgehead atoms. The van der Waals surface area contributed by atoms with Crippen molar-refractivity contribution >= 4 is 23.4 Å². The van der Waals surface area contributed by atoms with Crippen LogP contribution in [0.25, 0.3) is 0 Å². The van der Waals surface area contributed by atoms with Crippen LogP contribution in [-0.2, 0) is 14.4 Å². The number of hydrogen-bond acceptors (Lipinski definition) is 4. The van der Waals surface area contributed by atoms with E-state index < -0.39 is 0 Å². The van der Waals surface area contributed by atoms with Gasteiger partial charge in [0.2, 0.25) is 17.7 Å². The molecule has 0 radical (unpaired) electrons. The highest BCUT2D eigenvalue weighted by molar-refractivity contribution is 6.01. The van der Waals surface area contributed by atoms with Gasteiger partial charge in [-0.3, -0.25) is 14.4 Å². The summed E-state index contributed by atoms with van der Waals surface area (Å²) in [7, 11) is 1.58. The highest BCUT2D eigenvalue weighted by atomic mass is 16.5. The SMILES string of the molecule is COc1ccccc1N1CC(C(=O)N2CCC(C(=O)N3CCCC(C)C3)CC2)CC1=O. The first kappa shape index (κ1) is 21.7. The van der Waals surface area contributed by atoms with Crippen LogP contribution < -0.4 is 9.64 Å². The number of methoxy groups -OCH3 is 1. The van der Waals surface area contributed by atoms with Gasteiger partial charge in [-0.05, 0) is 43.7 Å². The molecule has 31 heavy (non-hydrogen) atoms. The second-order valence-electron chi connectivity index (χ2n) is 9.21. The average Bonchev–Trinajstić information content (AvgIpc) is 3.19. The summed E-state index contributed by atoms with van der Waals surface area (Å²) in [5.41, 5.74) is 0.713. The summed E-state index contributed by atoms with van der Waals surface area (Å²) in [5, 5.41) is 0. The van der Waals surface area contributed by atoms with Crippen LogP contribution in [0.2, 0.25) is 0 Å². The Hall–Kier alpha value is -2.57. The van der Waals surface area contributed by atoms with E-state index in [0.29, 0.717) is 49.8 Å². The van der Waals surface area contributed by atoms with Crippen LogP contribution in [0.4, 0.5) is 5.69 Å². The highest BCUT2D eigenvalue weighted by Gasteiger charge is 2.40. The molecular weight excluding hydrogens is 394 g/mol. The zero-order valence-electron chi connectivity index (χ0n) is 18.6. The minimum absolute atomic E-state index is 0.0182. The lowest BCUT2D eigenvalue weighted by molar-refractivity contribution is -0.143. The van der Waals surface area contributed by atoms with Gasteiger partial charge in [-0.2, -0.15) is 0 Å². The van der Waals surface area contributed by atoms with E-state index in [1.54, 1.807) is 12.0 Å². The zero-order valence-corrected chi connectivity index (χ0v) is 18.6. The number of carbonyl (C=O) groups is 3. The van der Waals surface area contributed by atoms with Crippen molar-refractivity contribution in [1.29, 1.82) is 0 Å². The third-order valence-corrected chi connectivity index (χ3v) is 6.97. The summed E-state index contributed by atoms with van der Waals surface area (Å²) in [5.74, 6) is 1.13. The lowest BCUT2D eigenvalue weighted by Crippen LogP contribution is -2.48. The normalized spacial score (nSPS) is 25.1. The lowest BCUT2D eigenvalue weighted by Gasteiger charge is -2.37. The van der Waals surface area contributed by atoms with Crippen molar-refractivity contribution < 1.29 is 19.1 Å². The molecule has 4 rings (SSSR count). The fourth-order valence-corrected chi connectivity index (χ4v) is 5.21. The van der Waals surface area contributed by atoms with E-state index in [1.807, 2.05) is 34.1 Å². The monoisotopic (exact) mass is 427 g/mol. The summed E-state index contributed by atoms with van der Waals surface area (Å²) in [4.78, 5) is 44.2. The van der Waals surface area contributed by atoms with Gasteiger partial charge in [0, 0.05) is 45.1 Å². The largest absolute Gasteiger partial charge is 0.495 e. The topological polar surface area (TPSA) is 70.2 Å². The number of carbonyl (C=O) groups excluding carboxylic acids is 3. The van der Waals surface area contributed by atoms with E-state index in [4.69, 9.17) is 4.74 Å². The predicted molar refractivity (Wildman–Crippen MR) is 118 cm³/mol. The standard InChI is InChI=1S/C24H33N3O4/c1-17-6-5-11-26(15-17)23(29)18-9-12-25(13-10-18)24(30)19-14-22(28)27(16-19)20-7-3-4-8-21(20)31-2/h3-4,7-8,17-19H,5-6,9-16H2,1-2H3. The van der Waals surface area contributed by atoms with Crippen LogP contribution in [0.3, 0.4) is 0 Å². The Kier molecular flexibility index (Phi) is 6.49. The first-order valence-corrected chi connectivity index (χ1v) is 11.5. The van der Waals surface area contributed by atoms with Gasteiger partial charge in [0.15, 0.2) is 0 Å². The van der Waals surface area contributed by atoms with Gasteiger partial charge in [0.1, 0.15) is 5.75 Å². The van der Waals surface area contributed by atoms with E-state index in [1.165, 1.54) is 6.42 Å². The number of ether oxygens (including phenoxy) is 1. The molecule has 0 spiro atoms. The molecule has 0 aliphatic carbocycles. The summed E-state index contributed by atoms with van der Waals surface area (Å²) < 4.78 is 5.38. The van der Waals surface area contributed by atoms with E-state index in [2.05, 4.69) is 6.92 Å². The van der Waals surface area contributed by atoms with Crippen molar-refractivity contribution in [3.63, 3.8) is 0 Å².